The molecule has 3 aliphatic rings. The lowest BCUT2D eigenvalue weighted by atomic mass is 9.62. The normalized spacial score (nSPS) is 23.2. The summed E-state index contributed by atoms with van der Waals surface area (Å²) in [6.07, 6.45) is 2.89. The van der Waals surface area contributed by atoms with Gasteiger partial charge in [-0.1, -0.05) is 35.9 Å². The molecule has 1 unspecified atom stereocenters. The summed E-state index contributed by atoms with van der Waals surface area (Å²) in [6.45, 7) is 2.06. The van der Waals surface area contributed by atoms with Crippen LogP contribution in [0, 0.1) is 5.82 Å². The van der Waals surface area contributed by atoms with Gasteiger partial charge in [0.15, 0.2) is 0 Å². The number of halogens is 2. The molecule has 2 aromatic carbocycles. The Labute approximate surface area is 224 Å². The zero-order valence-corrected chi connectivity index (χ0v) is 21.9. The molecule has 2 saturated heterocycles. The minimum Gasteiger partial charge on any atom is -0.481 e. The Morgan fingerprint density at radius 3 is 2.53 bits per heavy atom. The Kier molecular flexibility index (Phi) is 6.92. The second-order valence-corrected chi connectivity index (χ2v) is 10.7. The van der Waals surface area contributed by atoms with Gasteiger partial charge >= 0.3 is 12.1 Å². The molecule has 1 amide bonds. The molecule has 10 heteroatoms. The van der Waals surface area contributed by atoms with E-state index in [2.05, 4.69) is 10.4 Å². The molecule has 8 nitrogen and oxygen atoms in total. The predicted molar refractivity (Wildman–Crippen MR) is 140 cm³/mol. The summed E-state index contributed by atoms with van der Waals surface area (Å²) in [5.41, 5.74) is 1.36. The van der Waals surface area contributed by atoms with Gasteiger partial charge < -0.3 is 14.6 Å². The van der Waals surface area contributed by atoms with E-state index in [1.54, 1.807) is 50.5 Å². The van der Waals surface area contributed by atoms with Gasteiger partial charge in [-0.05, 0) is 67.5 Å². The zero-order valence-electron chi connectivity index (χ0n) is 21.2. The van der Waals surface area contributed by atoms with Crippen LogP contribution in [-0.2, 0) is 26.7 Å². The SMILES string of the molecule is CC(OC(=O)Nc1c(-c2ccc(C34CCC(CC(=O)O)(CC3)OC4)c(F)c2)cnn1C)c1ccc(Cl)cc1. The number of rotatable bonds is 7. The first-order chi connectivity index (χ1) is 18.1. The Bertz CT molecular complexity index is 1350. The van der Waals surface area contributed by atoms with Gasteiger partial charge in [-0.15, -0.1) is 0 Å². The Balaban J connectivity index is 1.32. The number of nitrogens with zero attached hydrogens (tertiary/aromatic N) is 2. The lowest BCUT2D eigenvalue weighted by Gasteiger charge is -2.53. The van der Waals surface area contributed by atoms with E-state index < -0.39 is 29.2 Å². The number of amides is 1. The van der Waals surface area contributed by atoms with Crippen LogP contribution < -0.4 is 5.32 Å². The Morgan fingerprint density at radius 1 is 1.21 bits per heavy atom. The average molecular weight is 542 g/mol. The van der Waals surface area contributed by atoms with Gasteiger partial charge in [0.05, 0.1) is 24.8 Å². The summed E-state index contributed by atoms with van der Waals surface area (Å²) >= 11 is 5.93. The van der Waals surface area contributed by atoms with E-state index in [1.807, 2.05) is 6.07 Å². The number of anilines is 1. The van der Waals surface area contributed by atoms with Gasteiger partial charge in [0.25, 0.3) is 0 Å². The molecule has 2 bridgehead atoms. The summed E-state index contributed by atoms with van der Waals surface area (Å²) in [6, 6.07) is 12.0. The molecule has 1 aromatic heterocycles. The van der Waals surface area contributed by atoms with E-state index in [1.165, 1.54) is 10.7 Å². The number of carboxylic acid groups (broad SMARTS) is 1. The molecule has 2 aliphatic heterocycles. The molecule has 6 rings (SSSR count). The fourth-order valence-electron chi connectivity index (χ4n) is 5.61. The highest BCUT2D eigenvalue weighted by molar-refractivity contribution is 6.30. The minimum absolute atomic E-state index is 0.0256. The summed E-state index contributed by atoms with van der Waals surface area (Å²) < 4.78 is 28.6. The summed E-state index contributed by atoms with van der Waals surface area (Å²) in [5, 5.41) is 16.8. The van der Waals surface area contributed by atoms with Crippen LogP contribution in [0.2, 0.25) is 5.02 Å². The number of ether oxygens (including phenoxy) is 2. The third-order valence-electron chi connectivity index (χ3n) is 7.88. The molecule has 0 radical (unpaired) electrons. The van der Waals surface area contributed by atoms with Crippen molar-refractivity contribution >= 4 is 29.5 Å². The van der Waals surface area contributed by atoms with Crippen molar-refractivity contribution < 1.29 is 28.6 Å². The van der Waals surface area contributed by atoms with Crippen LogP contribution in [0.4, 0.5) is 15.0 Å². The number of aryl methyl sites for hydroxylation is 1. The highest BCUT2D eigenvalue weighted by atomic mass is 35.5. The summed E-state index contributed by atoms with van der Waals surface area (Å²) in [5.74, 6) is -0.868. The number of nitrogens with one attached hydrogen (secondary N) is 1. The third-order valence-corrected chi connectivity index (χ3v) is 8.13. The van der Waals surface area contributed by atoms with Crippen molar-refractivity contribution in [2.45, 2.75) is 56.1 Å². The smallest absolute Gasteiger partial charge is 0.413 e. The maximum Gasteiger partial charge on any atom is 0.413 e. The molecule has 38 heavy (non-hydrogen) atoms. The van der Waals surface area contributed by atoms with E-state index in [0.717, 1.165) is 5.56 Å². The van der Waals surface area contributed by atoms with Crippen LogP contribution in [0.3, 0.4) is 0 Å². The molecule has 2 N–H and O–H groups in total. The second kappa shape index (κ2) is 10.0. The van der Waals surface area contributed by atoms with Crippen LogP contribution in [0.5, 0.6) is 0 Å². The maximum absolute atomic E-state index is 15.6. The van der Waals surface area contributed by atoms with Crippen molar-refractivity contribution in [2.24, 2.45) is 7.05 Å². The number of hydrogen-bond acceptors (Lipinski definition) is 5. The third kappa shape index (κ3) is 5.00. The molecule has 200 valence electrons. The van der Waals surface area contributed by atoms with Gasteiger partial charge in [-0.3, -0.25) is 14.8 Å². The van der Waals surface area contributed by atoms with E-state index in [9.17, 15) is 14.7 Å². The van der Waals surface area contributed by atoms with Gasteiger partial charge in [0.2, 0.25) is 0 Å². The van der Waals surface area contributed by atoms with Crippen LogP contribution >= 0.6 is 11.6 Å². The number of hydrogen-bond donors (Lipinski definition) is 2. The van der Waals surface area contributed by atoms with Crippen molar-refractivity contribution in [3.63, 3.8) is 0 Å². The van der Waals surface area contributed by atoms with Gasteiger partial charge in [-0.25, -0.2) is 9.18 Å². The molecule has 1 aliphatic carbocycles. The molecular weight excluding hydrogens is 513 g/mol. The van der Waals surface area contributed by atoms with Crippen molar-refractivity contribution in [3.05, 3.63) is 70.6 Å². The van der Waals surface area contributed by atoms with E-state index in [-0.39, 0.29) is 12.2 Å². The standard InChI is InChI=1S/C28H29ClFN3O5/c1-17(18-3-6-20(29)7-4-18)38-26(36)32-25-21(15-31-33(25)2)19-5-8-22(23(30)13-19)27-9-11-28(12-10-27,37-16-27)14-24(34)35/h3-8,13,15,17H,9-12,14,16H2,1-2H3,(H,32,36)(H,34,35). The molecule has 3 heterocycles. The average Bonchev–Trinajstić information content (AvgIpc) is 3.24. The quantitative estimate of drug-likeness (QED) is 0.367. The van der Waals surface area contributed by atoms with Crippen molar-refractivity contribution in [2.75, 3.05) is 11.9 Å². The fraction of sp³-hybridized carbons (Fsp3) is 0.393. The van der Waals surface area contributed by atoms with Crippen molar-refractivity contribution in [1.82, 2.24) is 9.78 Å². The molecule has 3 fully saturated rings. The van der Waals surface area contributed by atoms with Crippen LogP contribution in [-0.4, -0.2) is 39.2 Å². The number of aromatic nitrogens is 2. The summed E-state index contributed by atoms with van der Waals surface area (Å²) in [4.78, 5) is 23.9. The predicted octanol–water partition coefficient (Wildman–Crippen LogP) is 6.24. The number of aliphatic carboxylic acids is 1. The summed E-state index contributed by atoms with van der Waals surface area (Å²) in [7, 11) is 1.68. The van der Waals surface area contributed by atoms with Crippen LogP contribution in [0.25, 0.3) is 11.1 Å². The first-order valence-electron chi connectivity index (χ1n) is 12.5. The number of carboxylic acids is 1. The maximum atomic E-state index is 15.6. The largest absolute Gasteiger partial charge is 0.481 e. The topological polar surface area (TPSA) is 103 Å². The molecule has 3 aromatic rings. The number of carbonyl (C=O) groups excluding carboxylic acids is 1. The van der Waals surface area contributed by atoms with Crippen molar-refractivity contribution in [3.8, 4) is 11.1 Å². The Morgan fingerprint density at radius 2 is 1.92 bits per heavy atom. The first kappa shape index (κ1) is 26.2. The van der Waals surface area contributed by atoms with Crippen molar-refractivity contribution in [1.29, 1.82) is 0 Å². The lowest BCUT2D eigenvalue weighted by molar-refractivity contribution is -0.175. The highest BCUT2D eigenvalue weighted by Gasteiger charge is 2.52. The molecule has 0 spiro atoms. The molecular formula is C28H29ClFN3O5. The Hall–Kier alpha value is -3.43. The highest BCUT2D eigenvalue weighted by Crippen LogP contribution is 2.52. The number of carbonyl (C=O) groups is 2. The molecule has 1 saturated carbocycles. The monoisotopic (exact) mass is 541 g/mol. The van der Waals surface area contributed by atoms with E-state index >= 15 is 4.39 Å². The lowest BCUT2D eigenvalue weighted by Crippen LogP contribution is -2.54. The van der Waals surface area contributed by atoms with Gasteiger partial charge in [-0.2, -0.15) is 5.10 Å². The van der Waals surface area contributed by atoms with Crippen LogP contribution in [0.1, 0.15) is 56.3 Å². The first-order valence-corrected chi connectivity index (χ1v) is 12.9. The van der Waals surface area contributed by atoms with Gasteiger partial charge in [0, 0.05) is 23.0 Å². The van der Waals surface area contributed by atoms with E-state index in [0.29, 0.717) is 59.8 Å². The second-order valence-electron chi connectivity index (χ2n) is 10.3. The fourth-order valence-corrected chi connectivity index (χ4v) is 5.74. The zero-order chi connectivity index (χ0) is 27.1. The molecule has 1 atom stereocenters. The van der Waals surface area contributed by atoms with E-state index in [4.69, 9.17) is 21.1 Å². The number of benzene rings is 2. The van der Waals surface area contributed by atoms with Crippen LogP contribution in [0.15, 0.2) is 48.7 Å². The minimum atomic E-state index is -0.876. The number of fused-ring (bicyclic) bond motifs is 3. The van der Waals surface area contributed by atoms with Gasteiger partial charge in [0.1, 0.15) is 17.7 Å².